The number of carbonyl (C=O) groups is 1. The van der Waals surface area contributed by atoms with Crippen LogP contribution >= 0.6 is 0 Å². The van der Waals surface area contributed by atoms with Gasteiger partial charge in [0.2, 0.25) is 0 Å². The van der Waals surface area contributed by atoms with E-state index in [0.717, 1.165) is 22.3 Å². The Morgan fingerprint density at radius 1 is 0.939 bits per heavy atom. The Labute approximate surface area is 194 Å². The van der Waals surface area contributed by atoms with Crippen LogP contribution in [0, 0.1) is 0 Å². The van der Waals surface area contributed by atoms with Gasteiger partial charge in [0.15, 0.2) is 0 Å². The second kappa shape index (κ2) is 12.6. The van der Waals surface area contributed by atoms with Crippen molar-refractivity contribution in [1.82, 2.24) is 0 Å². The molecule has 0 fully saturated rings. The smallest absolute Gasteiger partial charge is 0.303 e. The van der Waals surface area contributed by atoms with Crippen molar-refractivity contribution in [1.29, 1.82) is 0 Å². The van der Waals surface area contributed by atoms with Crippen LogP contribution in [-0.2, 0) is 17.6 Å². The van der Waals surface area contributed by atoms with Gasteiger partial charge in [-0.15, -0.1) is 0 Å². The van der Waals surface area contributed by atoms with Gasteiger partial charge in [0.1, 0.15) is 5.75 Å². The van der Waals surface area contributed by atoms with Gasteiger partial charge in [0.05, 0.1) is 18.8 Å². The largest absolute Gasteiger partial charge is 0.493 e. The first-order valence-corrected chi connectivity index (χ1v) is 11.1. The van der Waals surface area contributed by atoms with Crippen LogP contribution < -0.4 is 4.74 Å². The molecule has 0 radical (unpaired) electrons. The molecule has 3 rings (SSSR count). The molecular formula is C28H30O5. The van der Waals surface area contributed by atoms with Gasteiger partial charge in [-0.25, -0.2) is 0 Å². The highest BCUT2D eigenvalue weighted by Crippen LogP contribution is 2.21. The zero-order valence-electron chi connectivity index (χ0n) is 18.5. The summed E-state index contributed by atoms with van der Waals surface area (Å²) in [6.07, 6.45) is 3.74. The Balaban J connectivity index is 1.49. The predicted molar refractivity (Wildman–Crippen MR) is 129 cm³/mol. The van der Waals surface area contributed by atoms with Crippen molar-refractivity contribution in [2.24, 2.45) is 0 Å². The third kappa shape index (κ3) is 8.22. The minimum atomic E-state index is -0.844. The Morgan fingerprint density at radius 3 is 2.48 bits per heavy atom. The number of hydrogen-bond donors (Lipinski definition) is 3. The van der Waals surface area contributed by atoms with E-state index in [1.165, 1.54) is 0 Å². The van der Waals surface area contributed by atoms with Gasteiger partial charge in [-0.3, -0.25) is 4.79 Å². The first-order valence-electron chi connectivity index (χ1n) is 11.1. The van der Waals surface area contributed by atoms with Crippen molar-refractivity contribution < 1.29 is 24.9 Å². The van der Waals surface area contributed by atoms with Crippen molar-refractivity contribution in [3.63, 3.8) is 0 Å². The molecule has 0 saturated carbocycles. The topological polar surface area (TPSA) is 87.0 Å². The van der Waals surface area contributed by atoms with E-state index in [4.69, 9.17) is 9.84 Å². The van der Waals surface area contributed by atoms with Crippen LogP contribution in [0.5, 0.6) is 5.75 Å². The van der Waals surface area contributed by atoms with E-state index in [0.29, 0.717) is 31.6 Å². The van der Waals surface area contributed by atoms with E-state index in [1.54, 1.807) is 6.08 Å². The molecule has 2 atom stereocenters. The monoisotopic (exact) mass is 446 g/mol. The predicted octanol–water partition coefficient (Wildman–Crippen LogP) is 4.82. The number of aryl methyl sites for hydroxylation is 1. The van der Waals surface area contributed by atoms with E-state index < -0.39 is 18.2 Å². The number of para-hydroxylation sites is 1. The summed E-state index contributed by atoms with van der Waals surface area (Å²) in [5.41, 5.74) is 3.70. The van der Waals surface area contributed by atoms with Crippen LogP contribution in [0.2, 0.25) is 0 Å². The summed E-state index contributed by atoms with van der Waals surface area (Å²) >= 11 is 0. The zero-order chi connectivity index (χ0) is 23.5. The highest BCUT2D eigenvalue weighted by Gasteiger charge is 2.09. The SMILES string of the molecule is O=C(O)CCc1ccccc1OCC[C@@H](O)/C=C/c1cccc(C[C@H](O)c2ccccc2)c1. The molecule has 3 aromatic rings. The van der Waals surface area contributed by atoms with Crippen molar-refractivity contribution in [3.8, 4) is 5.75 Å². The van der Waals surface area contributed by atoms with Gasteiger partial charge in [0.25, 0.3) is 0 Å². The Morgan fingerprint density at radius 2 is 1.70 bits per heavy atom. The zero-order valence-corrected chi connectivity index (χ0v) is 18.5. The summed E-state index contributed by atoms with van der Waals surface area (Å²) in [5.74, 6) is -0.191. The molecule has 0 spiro atoms. The molecule has 0 aromatic heterocycles. The standard InChI is InChI=1S/C28H30O5/c29-25(17-18-33-27-12-5-4-11-24(27)14-16-28(31)32)15-13-21-7-6-8-22(19-21)20-26(30)23-9-2-1-3-10-23/h1-13,15,19,25-26,29-30H,14,16-18,20H2,(H,31,32)/b15-13+/t25-,26-/m0/s1. The average molecular weight is 447 g/mol. The summed E-state index contributed by atoms with van der Waals surface area (Å²) in [4.78, 5) is 10.8. The van der Waals surface area contributed by atoms with Crippen LogP contribution in [0.25, 0.3) is 6.08 Å². The van der Waals surface area contributed by atoms with Crippen molar-refractivity contribution in [3.05, 3.63) is 107 Å². The minimum absolute atomic E-state index is 0.0488. The van der Waals surface area contributed by atoms with Crippen molar-refractivity contribution in [2.45, 2.75) is 37.9 Å². The average Bonchev–Trinajstić information content (AvgIpc) is 2.83. The van der Waals surface area contributed by atoms with Crippen LogP contribution in [0.4, 0.5) is 0 Å². The fourth-order valence-corrected chi connectivity index (χ4v) is 3.54. The first kappa shape index (κ1) is 24.2. The van der Waals surface area contributed by atoms with Gasteiger partial charge in [-0.2, -0.15) is 0 Å². The second-order valence-electron chi connectivity index (χ2n) is 7.94. The summed E-state index contributed by atoms with van der Waals surface area (Å²) in [6.45, 7) is 0.318. The Kier molecular flexibility index (Phi) is 9.24. The van der Waals surface area contributed by atoms with Crippen LogP contribution in [-0.4, -0.2) is 34.0 Å². The number of aliphatic hydroxyl groups is 2. The Hall–Kier alpha value is -3.41. The fourth-order valence-electron chi connectivity index (χ4n) is 3.54. The molecule has 0 unspecified atom stereocenters. The highest BCUT2D eigenvalue weighted by molar-refractivity contribution is 5.67. The summed E-state index contributed by atoms with van der Waals surface area (Å²) in [7, 11) is 0. The third-order valence-electron chi connectivity index (χ3n) is 5.33. The molecule has 0 heterocycles. The molecule has 0 aliphatic carbocycles. The third-order valence-corrected chi connectivity index (χ3v) is 5.33. The molecule has 0 saturated heterocycles. The van der Waals surface area contributed by atoms with Gasteiger partial charge in [-0.1, -0.05) is 84.9 Å². The number of aliphatic carboxylic acids is 1. The molecule has 33 heavy (non-hydrogen) atoms. The van der Waals surface area contributed by atoms with Gasteiger partial charge >= 0.3 is 5.97 Å². The highest BCUT2D eigenvalue weighted by atomic mass is 16.5. The Bertz CT molecular complexity index is 1040. The van der Waals surface area contributed by atoms with Gasteiger partial charge < -0.3 is 20.1 Å². The number of hydrogen-bond acceptors (Lipinski definition) is 4. The summed E-state index contributed by atoms with van der Waals surface area (Å²) in [5, 5.41) is 29.7. The minimum Gasteiger partial charge on any atom is -0.493 e. The van der Waals surface area contributed by atoms with Crippen LogP contribution in [0.1, 0.15) is 41.2 Å². The number of rotatable bonds is 12. The normalized spacial score (nSPS) is 13.0. The molecule has 3 N–H and O–H groups in total. The van der Waals surface area contributed by atoms with Gasteiger partial charge in [0, 0.05) is 19.3 Å². The lowest BCUT2D eigenvalue weighted by molar-refractivity contribution is -0.136. The number of benzene rings is 3. The van der Waals surface area contributed by atoms with Crippen molar-refractivity contribution in [2.75, 3.05) is 6.61 Å². The quantitative estimate of drug-likeness (QED) is 0.371. The second-order valence-corrected chi connectivity index (χ2v) is 7.94. The van der Waals surface area contributed by atoms with E-state index in [9.17, 15) is 15.0 Å². The van der Waals surface area contributed by atoms with E-state index in [1.807, 2.05) is 84.9 Å². The van der Waals surface area contributed by atoms with E-state index in [2.05, 4.69) is 0 Å². The first-order chi connectivity index (χ1) is 16.0. The lowest BCUT2D eigenvalue weighted by Gasteiger charge is -2.12. The lowest BCUT2D eigenvalue weighted by Crippen LogP contribution is -2.10. The van der Waals surface area contributed by atoms with Crippen LogP contribution in [0.3, 0.4) is 0 Å². The molecule has 172 valence electrons. The molecule has 5 nitrogen and oxygen atoms in total. The molecule has 3 aromatic carbocycles. The van der Waals surface area contributed by atoms with Gasteiger partial charge in [-0.05, 0) is 34.7 Å². The van der Waals surface area contributed by atoms with Crippen molar-refractivity contribution >= 4 is 12.0 Å². The summed E-state index contributed by atoms with van der Waals surface area (Å²) < 4.78 is 5.78. The maximum atomic E-state index is 10.8. The van der Waals surface area contributed by atoms with Crippen LogP contribution in [0.15, 0.2) is 84.9 Å². The molecular weight excluding hydrogens is 416 g/mol. The molecule has 0 amide bonds. The molecule has 0 aliphatic rings. The fraction of sp³-hybridized carbons (Fsp3) is 0.250. The van der Waals surface area contributed by atoms with E-state index in [-0.39, 0.29) is 6.42 Å². The maximum Gasteiger partial charge on any atom is 0.303 e. The number of aliphatic hydroxyl groups excluding tert-OH is 2. The lowest BCUT2D eigenvalue weighted by atomic mass is 10.00. The maximum absolute atomic E-state index is 10.8. The van der Waals surface area contributed by atoms with E-state index >= 15 is 0 Å². The number of carboxylic acid groups (broad SMARTS) is 1. The summed E-state index contributed by atoms with van der Waals surface area (Å²) in [6, 6.07) is 24.8. The number of carboxylic acids is 1. The molecule has 0 aliphatic heterocycles. The number of ether oxygens (including phenoxy) is 1. The molecule has 5 heteroatoms. The molecule has 0 bridgehead atoms.